The first-order valence-corrected chi connectivity index (χ1v) is 12.4. The molecule has 10 nitrogen and oxygen atoms in total. The molecule has 0 bridgehead atoms. The molecule has 1 N–H and O–H groups in total. The molecule has 37 heavy (non-hydrogen) atoms. The van der Waals surface area contributed by atoms with Crippen LogP contribution in [-0.4, -0.2) is 67.7 Å². The van der Waals surface area contributed by atoms with Gasteiger partial charge in [-0.2, -0.15) is 20.1 Å². The second-order valence-electron chi connectivity index (χ2n) is 8.71. The quantitative estimate of drug-likeness (QED) is 0.345. The van der Waals surface area contributed by atoms with Crippen LogP contribution in [0.5, 0.6) is 11.5 Å². The van der Waals surface area contributed by atoms with Gasteiger partial charge in [-0.3, -0.25) is 0 Å². The molecule has 0 amide bonds. The summed E-state index contributed by atoms with van der Waals surface area (Å²) in [4.78, 5) is 18.2. The lowest BCUT2D eigenvalue weighted by Gasteiger charge is -2.27. The molecule has 194 valence electrons. The van der Waals surface area contributed by atoms with Crippen molar-refractivity contribution in [1.82, 2.24) is 15.0 Å². The lowest BCUT2D eigenvalue weighted by molar-refractivity contribution is 0.122. The van der Waals surface area contributed by atoms with E-state index in [9.17, 15) is 4.39 Å². The predicted octanol–water partition coefficient (Wildman–Crippen LogP) is 3.48. The highest BCUT2D eigenvalue weighted by atomic mass is 19.1. The van der Waals surface area contributed by atoms with Gasteiger partial charge in [-0.25, -0.2) is 9.82 Å². The molecule has 0 saturated carbocycles. The molecule has 2 aliphatic heterocycles. The Morgan fingerprint density at radius 1 is 0.973 bits per heavy atom. The SMILES string of the molecule is COc1cc(/C=N\Nc2nc(N3CCCC3)nc(N3CCOCC3)n2)ccc1OCc1ccccc1F. The highest BCUT2D eigenvalue weighted by Gasteiger charge is 2.21. The first kappa shape index (κ1) is 24.7. The Morgan fingerprint density at radius 3 is 2.43 bits per heavy atom. The number of hydrazone groups is 1. The average Bonchev–Trinajstić information content (AvgIpc) is 3.49. The molecule has 2 aromatic carbocycles. The van der Waals surface area contributed by atoms with Crippen molar-refractivity contribution in [3.05, 3.63) is 59.4 Å². The number of halogens is 1. The van der Waals surface area contributed by atoms with Crippen LogP contribution in [0.3, 0.4) is 0 Å². The minimum Gasteiger partial charge on any atom is -0.493 e. The Morgan fingerprint density at radius 2 is 1.70 bits per heavy atom. The van der Waals surface area contributed by atoms with Gasteiger partial charge >= 0.3 is 0 Å². The molecule has 0 atom stereocenters. The van der Waals surface area contributed by atoms with Gasteiger partial charge in [-0.05, 0) is 42.7 Å². The van der Waals surface area contributed by atoms with E-state index in [1.165, 1.54) is 6.07 Å². The fourth-order valence-electron chi connectivity index (χ4n) is 4.19. The summed E-state index contributed by atoms with van der Waals surface area (Å²) in [6.45, 7) is 4.72. The maximum Gasteiger partial charge on any atom is 0.250 e. The Labute approximate surface area is 215 Å². The van der Waals surface area contributed by atoms with Crippen LogP contribution < -0.4 is 24.7 Å². The van der Waals surface area contributed by atoms with Gasteiger partial charge in [-0.15, -0.1) is 0 Å². The largest absolute Gasteiger partial charge is 0.493 e. The first-order valence-electron chi connectivity index (χ1n) is 12.4. The van der Waals surface area contributed by atoms with Crippen LogP contribution in [0, 0.1) is 5.82 Å². The summed E-state index contributed by atoms with van der Waals surface area (Å²) < 4.78 is 30.6. The van der Waals surface area contributed by atoms with E-state index in [0.717, 1.165) is 44.6 Å². The van der Waals surface area contributed by atoms with E-state index in [0.29, 0.717) is 48.1 Å². The van der Waals surface area contributed by atoms with E-state index in [1.807, 2.05) is 6.07 Å². The summed E-state index contributed by atoms with van der Waals surface area (Å²) >= 11 is 0. The lowest BCUT2D eigenvalue weighted by Crippen LogP contribution is -2.38. The Hall–Kier alpha value is -3.99. The van der Waals surface area contributed by atoms with Crippen LogP contribution in [0.4, 0.5) is 22.2 Å². The topological polar surface area (TPSA) is 97.2 Å². The molecule has 2 saturated heterocycles. The number of benzene rings is 2. The summed E-state index contributed by atoms with van der Waals surface area (Å²) in [7, 11) is 1.56. The van der Waals surface area contributed by atoms with E-state index in [-0.39, 0.29) is 12.4 Å². The predicted molar refractivity (Wildman–Crippen MR) is 139 cm³/mol. The number of nitrogens with zero attached hydrogens (tertiary/aromatic N) is 6. The van der Waals surface area contributed by atoms with Gasteiger partial charge in [0.15, 0.2) is 11.5 Å². The average molecular weight is 508 g/mol. The zero-order valence-corrected chi connectivity index (χ0v) is 20.8. The van der Waals surface area contributed by atoms with E-state index in [2.05, 4.69) is 30.3 Å². The van der Waals surface area contributed by atoms with Crippen molar-refractivity contribution in [3.8, 4) is 11.5 Å². The van der Waals surface area contributed by atoms with Crippen molar-refractivity contribution in [2.24, 2.45) is 5.10 Å². The molecule has 0 unspecified atom stereocenters. The van der Waals surface area contributed by atoms with Gasteiger partial charge in [0.05, 0.1) is 26.5 Å². The third kappa shape index (κ3) is 6.23. The molecule has 3 aromatic rings. The number of aromatic nitrogens is 3. The number of methoxy groups -OCH3 is 1. The third-order valence-electron chi connectivity index (χ3n) is 6.20. The molecule has 5 rings (SSSR count). The second kappa shape index (κ2) is 11.8. The van der Waals surface area contributed by atoms with Crippen LogP contribution in [0.25, 0.3) is 0 Å². The number of hydrogen-bond acceptors (Lipinski definition) is 10. The highest BCUT2D eigenvalue weighted by Crippen LogP contribution is 2.29. The molecule has 11 heteroatoms. The number of anilines is 3. The van der Waals surface area contributed by atoms with Gasteiger partial charge in [-0.1, -0.05) is 18.2 Å². The number of nitrogens with one attached hydrogen (secondary N) is 1. The van der Waals surface area contributed by atoms with Crippen LogP contribution in [-0.2, 0) is 11.3 Å². The fraction of sp³-hybridized carbons (Fsp3) is 0.385. The van der Waals surface area contributed by atoms with Gasteiger partial charge in [0.1, 0.15) is 12.4 Å². The van der Waals surface area contributed by atoms with Gasteiger partial charge in [0, 0.05) is 31.7 Å². The molecule has 2 aliphatic rings. The van der Waals surface area contributed by atoms with Crippen molar-refractivity contribution in [1.29, 1.82) is 0 Å². The second-order valence-corrected chi connectivity index (χ2v) is 8.71. The van der Waals surface area contributed by atoms with Crippen LogP contribution in [0.2, 0.25) is 0 Å². The lowest BCUT2D eigenvalue weighted by atomic mass is 10.2. The van der Waals surface area contributed by atoms with Gasteiger partial charge < -0.3 is 24.0 Å². The maximum atomic E-state index is 13.9. The fourth-order valence-corrected chi connectivity index (χ4v) is 4.19. The Bertz CT molecular complexity index is 1230. The summed E-state index contributed by atoms with van der Waals surface area (Å²) in [6, 6.07) is 11.9. The summed E-state index contributed by atoms with van der Waals surface area (Å²) in [5.74, 6) is 2.39. The first-order chi connectivity index (χ1) is 18.2. The summed E-state index contributed by atoms with van der Waals surface area (Å²) in [5, 5.41) is 4.34. The van der Waals surface area contributed by atoms with E-state index in [1.54, 1.807) is 43.7 Å². The number of hydrogen-bond donors (Lipinski definition) is 1. The molecular formula is C26H30FN7O3. The highest BCUT2D eigenvalue weighted by molar-refractivity contribution is 5.81. The van der Waals surface area contributed by atoms with Crippen LogP contribution in [0.15, 0.2) is 47.6 Å². The third-order valence-corrected chi connectivity index (χ3v) is 6.20. The molecule has 0 spiro atoms. The van der Waals surface area contributed by atoms with Gasteiger partial charge in [0.25, 0.3) is 0 Å². The van der Waals surface area contributed by atoms with Crippen LogP contribution in [0.1, 0.15) is 24.0 Å². The molecular weight excluding hydrogens is 477 g/mol. The summed E-state index contributed by atoms with van der Waals surface area (Å²) in [5.41, 5.74) is 4.21. The number of rotatable bonds is 9. The molecule has 2 fully saturated rings. The van der Waals surface area contributed by atoms with Crippen molar-refractivity contribution in [2.45, 2.75) is 19.4 Å². The molecule has 0 radical (unpaired) electrons. The van der Waals surface area contributed by atoms with E-state index in [4.69, 9.17) is 19.2 Å². The molecule has 3 heterocycles. The van der Waals surface area contributed by atoms with Crippen LogP contribution >= 0.6 is 0 Å². The number of ether oxygens (including phenoxy) is 3. The smallest absolute Gasteiger partial charge is 0.250 e. The van der Waals surface area contributed by atoms with Crippen molar-refractivity contribution >= 4 is 24.1 Å². The van der Waals surface area contributed by atoms with E-state index >= 15 is 0 Å². The van der Waals surface area contributed by atoms with Crippen molar-refractivity contribution in [2.75, 3.05) is 61.7 Å². The summed E-state index contributed by atoms with van der Waals surface area (Å²) in [6.07, 6.45) is 3.90. The Kier molecular flexibility index (Phi) is 7.90. The molecule has 1 aromatic heterocycles. The number of morpholine rings is 1. The van der Waals surface area contributed by atoms with Gasteiger partial charge in [0.2, 0.25) is 17.8 Å². The minimum absolute atomic E-state index is 0.0994. The zero-order valence-electron chi connectivity index (χ0n) is 20.8. The monoisotopic (exact) mass is 507 g/mol. The standard InChI is InChI=1S/C26H30FN7O3/c1-35-23-16-19(8-9-22(23)37-18-20-6-2-3-7-21(20)27)17-28-32-24-29-25(33-10-4-5-11-33)31-26(30-24)34-12-14-36-15-13-34/h2-3,6-9,16-17H,4-5,10-15,18H2,1H3,(H,29,30,31,32)/b28-17-. The van der Waals surface area contributed by atoms with Crippen molar-refractivity contribution in [3.63, 3.8) is 0 Å². The minimum atomic E-state index is -0.306. The zero-order chi connectivity index (χ0) is 25.5. The maximum absolute atomic E-state index is 13.9. The normalized spacial score (nSPS) is 15.8. The van der Waals surface area contributed by atoms with E-state index < -0.39 is 0 Å². The Balaban J connectivity index is 1.28. The molecule has 0 aliphatic carbocycles. The van der Waals surface area contributed by atoms with Crippen molar-refractivity contribution < 1.29 is 18.6 Å².